The minimum atomic E-state index is -4.02. The smallest absolute Gasteiger partial charge is 0.244 e. The molecule has 4 rings (SSSR count). The molecule has 3 aromatic carbocycles. The fourth-order valence-electron chi connectivity index (χ4n) is 4.02. The van der Waals surface area contributed by atoms with E-state index in [4.69, 9.17) is 9.47 Å². The second-order valence-electron chi connectivity index (χ2n) is 7.86. The Labute approximate surface area is 202 Å². The number of nitrogens with zero attached hydrogens (tertiary/aromatic N) is 1. The second-order valence-corrected chi connectivity index (χ2v) is 9.96. The predicted octanol–water partition coefficient (Wildman–Crippen LogP) is 3.73. The third kappa shape index (κ3) is 4.83. The zero-order valence-electron chi connectivity index (χ0n) is 19.0. The summed E-state index contributed by atoms with van der Waals surface area (Å²) in [6, 6.07) is 16.1. The average Bonchev–Trinajstić information content (AvgIpc) is 2.92. The van der Waals surface area contributed by atoms with E-state index in [0.717, 1.165) is 11.0 Å². The Morgan fingerprint density at radius 2 is 1.77 bits per heavy atom. The number of hydrogen-bond acceptors (Lipinski definition) is 6. The zero-order chi connectivity index (χ0) is 25.2. The van der Waals surface area contributed by atoms with Crippen LogP contribution in [0.1, 0.15) is 17.2 Å². The van der Waals surface area contributed by atoms with Gasteiger partial charge in [0, 0.05) is 12.1 Å². The van der Waals surface area contributed by atoms with E-state index in [1.807, 2.05) is 0 Å². The van der Waals surface area contributed by atoms with Crippen LogP contribution in [0.25, 0.3) is 0 Å². The number of methoxy groups -OCH3 is 2. The molecule has 1 atom stereocenters. The average molecular weight is 499 g/mol. The molecule has 0 fully saturated rings. The number of rotatable bonds is 6. The predicted molar refractivity (Wildman–Crippen MR) is 128 cm³/mol. The quantitative estimate of drug-likeness (QED) is 0.556. The molecule has 1 aliphatic heterocycles. The van der Waals surface area contributed by atoms with Crippen molar-refractivity contribution in [1.82, 2.24) is 0 Å². The minimum Gasteiger partial charge on any atom is -0.493 e. The first-order chi connectivity index (χ1) is 16.7. The summed E-state index contributed by atoms with van der Waals surface area (Å²) in [6.45, 7) is -0.444. The highest BCUT2D eigenvalue weighted by Crippen LogP contribution is 2.42. The summed E-state index contributed by atoms with van der Waals surface area (Å²) in [5.41, 5.74) is 0.688. The standard InChI is InChI=1S/C25H23FN2O6S/c1-33-20-11-10-16(12-21(20)34-2)23-14-25(30)28(19-8-3-4-9-22(19)35(23,31)32)15-24(29)27-18-7-5-6-17(26)13-18/h3-13,23H,14-15H2,1-2H3,(H,27,29)/t23-/m1/s1. The fraction of sp³-hybridized carbons (Fsp3) is 0.200. The number of carbonyl (C=O) groups excluding carboxylic acids is 2. The first kappa shape index (κ1) is 24.2. The van der Waals surface area contributed by atoms with E-state index in [1.165, 1.54) is 50.6 Å². The van der Waals surface area contributed by atoms with Crippen molar-refractivity contribution in [3.8, 4) is 11.5 Å². The number of fused-ring (bicyclic) bond motifs is 1. The molecule has 0 bridgehead atoms. The van der Waals surface area contributed by atoms with Gasteiger partial charge >= 0.3 is 0 Å². The molecule has 2 amide bonds. The molecule has 35 heavy (non-hydrogen) atoms. The molecule has 1 N–H and O–H groups in total. The van der Waals surface area contributed by atoms with E-state index in [-0.39, 0.29) is 22.7 Å². The SMILES string of the molecule is COc1ccc([C@H]2CC(=O)N(CC(=O)Nc3cccc(F)c3)c3ccccc3S2(=O)=O)cc1OC. The van der Waals surface area contributed by atoms with Gasteiger partial charge in [0.05, 0.1) is 30.1 Å². The molecule has 0 aliphatic carbocycles. The van der Waals surface area contributed by atoms with Gasteiger partial charge in [-0.3, -0.25) is 9.59 Å². The summed E-state index contributed by atoms with van der Waals surface area (Å²) >= 11 is 0. The Morgan fingerprint density at radius 3 is 2.49 bits per heavy atom. The second kappa shape index (κ2) is 9.75. The minimum absolute atomic E-state index is 0.0656. The maximum Gasteiger partial charge on any atom is 0.244 e. The molecule has 3 aromatic rings. The van der Waals surface area contributed by atoms with E-state index in [9.17, 15) is 22.4 Å². The van der Waals surface area contributed by atoms with Gasteiger partial charge in [-0.05, 0) is 48.0 Å². The molecular weight excluding hydrogens is 475 g/mol. The summed E-state index contributed by atoms with van der Waals surface area (Å²) in [5, 5.41) is 1.34. The molecule has 0 radical (unpaired) electrons. The molecule has 0 spiro atoms. The van der Waals surface area contributed by atoms with Gasteiger partial charge in [-0.1, -0.05) is 24.3 Å². The number of para-hydroxylation sites is 1. The Kier molecular flexibility index (Phi) is 6.74. The lowest BCUT2D eigenvalue weighted by molar-refractivity contribution is -0.121. The summed E-state index contributed by atoms with van der Waals surface area (Å²) in [6.07, 6.45) is -0.389. The van der Waals surface area contributed by atoms with Crippen LogP contribution in [-0.2, 0) is 19.4 Å². The highest BCUT2D eigenvalue weighted by atomic mass is 32.2. The first-order valence-corrected chi connectivity index (χ1v) is 12.2. The lowest BCUT2D eigenvalue weighted by Crippen LogP contribution is -2.38. The summed E-state index contributed by atoms with van der Waals surface area (Å²) < 4.78 is 51.4. The van der Waals surface area contributed by atoms with Crippen LogP contribution in [0.4, 0.5) is 15.8 Å². The number of carbonyl (C=O) groups is 2. The first-order valence-electron chi connectivity index (χ1n) is 10.6. The van der Waals surface area contributed by atoms with Crippen LogP contribution < -0.4 is 19.7 Å². The summed E-state index contributed by atoms with van der Waals surface area (Å²) in [5.74, 6) is -0.919. The Hall–Kier alpha value is -3.92. The number of sulfone groups is 1. The molecule has 0 saturated heterocycles. The normalized spacial score (nSPS) is 16.7. The summed E-state index contributed by atoms with van der Waals surface area (Å²) in [7, 11) is -1.13. The molecule has 10 heteroatoms. The maximum atomic E-state index is 13.7. The molecule has 0 aromatic heterocycles. The third-order valence-electron chi connectivity index (χ3n) is 5.69. The topological polar surface area (TPSA) is 102 Å². The number of ether oxygens (including phenoxy) is 2. The van der Waals surface area contributed by atoms with Crippen LogP contribution in [0.2, 0.25) is 0 Å². The largest absolute Gasteiger partial charge is 0.493 e. The van der Waals surface area contributed by atoms with Crippen LogP contribution in [-0.4, -0.2) is 41.0 Å². The van der Waals surface area contributed by atoms with Crippen molar-refractivity contribution in [1.29, 1.82) is 0 Å². The van der Waals surface area contributed by atoms with Crippen LogP contribution in [0, 0.1) is 5.82 Å². The van der Waals surface area contributed by atoms with Crippen molar-refractivity contribution in [3.63, 3.8) is 0 Å². The molecule has 8 nitrogen and oxygen atoms in total. The number of benzene rings is 3. The number of amides is 2. The number of anilines is 2. The zero-order valence-corrected chi connectivity index (χ0v) is 19.8. The van der Waals surface area contributed by atoms with E-state index in [0.29, 0.717) is 17.1 Å². The molecule has 1 heterocycles. The van der Waals surface area contributed by atoms with Gasteiger partial charge in [0.2, 0.25) is 11.8 Å². The maximum absolute atomic E-state index is 13.7. The summed E-state index contributed by atoms with van der Waals surface area (Å²) in [4.78, 5) is 27.1. The van der Waals surface area contributed by atoms with Crippen molar-refractivity contribution in [2.45, 2.75) is 16.6 Å². The number of hydrogen-bond donors (Lipinski definition) is 1. The van der Waals surface area contributed by atoms with Gasteiger partial charge in [0.25, 0.3) is 0 Å². The van der Waals surface area contributed by atoms with Crippen molar-refractivity contribution in [2.24, 2.45) is 0 Å². The van der Waals surface area contributed by atoms with Gasteiger partial charge in [0.15, 0.2) is 21.3 Å². The molecule has 0 unspecified atom stereocenters. The molecule has 1 aliphatic rings. The van der Waals surface area contributed by atoms with E-state index < -0.39 is 39.3 Å². The van der Waals surface area contributed by atoms with E-state index in [2.05, 4.69) is 5.32 Å². The van der Waals surface area contributed by atoms with Crippen molar-refractivity contribution >= 4 is 33.0 Å². The number of halogens is 1. The highest BCUT2D eigenvalue weighted by Gasteiger charge is 2.40. The van der Waals surface area contributed by atoms with Gasteiger partial charge in [0.1, 0.15) is 12.4 Å². The van der Waals surface area contributed by atoms with Crippen LogP contribution >= 0.6 is 0 Å². The van der Waals surface area contributed by atoms with E-state index in [1.54, 1.807) is 24.3 Å². The van der Waals surface area contributed by atoms with Crippen LogP contribution in [0.15, 0.2) is 71.6 Å². The van der Waals surface area contributed by atoms with Gasteiger partial charge in [-0.15, -0.1) is 0 Å². The van der Waals surface area contributed by atoms with Gasteiger partial charge in [-0.2, -0.15) is 0 Å². The molecule has 0 saturated carbocycles. The van der Waals surface area contributed by atoms with Crippen molar-refractivity contribution < 1.29 is 31.9 Å². The van der Waals surface area contributed by atoms with Crippen molar-refractivity contribution in [2.75, 3.05) is 31.0 Å². The van der Waals surface area contributed by atoms with Crippen molar-refractivity contribution in [3.05, 3.63) is 78.1 Å². The third-order valence-corrected chi connectivity index (χ3v) is 7.83. The highest BCUT2D eigenvalue weighted by molar-refractivity contribution is 7.92. The van der Waals surface area contributed by atoms with Crippen LogP contribution in [0.5, 0.6) is 11.5 Å². The molecule has 182 valence electrons. The Balaban J connectivity index is 1.71. The lowest BCUT2D eigenvalue weighted by atomic mass is 10.1. The molecular formula is C25H23FN2O6S. The monoisotopic (exact) mass is 498 g/mol. The van der Waals surface area contributed by atoms with Crippen LogP contribution in [0.3, 0.4) is 0 Å². The fourth-order valence-corrected chi connectivity index (χ4v) is 5.93. The number of nitrogens with one attached hydrogen (secondary N) is 1. The van der Waals surface area contributed by atoms with Gasteiger partial charge < -0.3 is 19.7 Å². The lowest BCUT2D eigenvalue weighted by Gasteiger charge is -2.21. The Bertz CT molecular complexity index is 1390. The Morgan fingerprint density at radius 1 is 1.03 bits per heavy atom. The van der Waals surface area contributed by atoms with Gasteiger partial charge in [-0.25, -0.2) is 12.8 Å². The van der Waals surface area contributed by atoms with E-state index >= 15 is 0 Å².